The quantitative estimate of drug-likeness (QED) is 0.833. The predicted octanol–water partition coefficient (Wildman–Crippen LogP) is 1.76. The van der Waals surface area contributed by atoms with Gasteiger partial charge in [0.05, 0.1) is 6.54 Å². The van der Waals surface area contributed by atoms with Crippen molar-refractivity contribution in [2.75, 3.05) is 0 Å². The van der Waals surface area contributed by atoms with Crippen molar-refractivity contribution in [1.82, 2.24) is 9.55 Å². The highest BCUT2D eigenvalue weighted by Gasteiger charge is 2.04. The zero-order chi connectivity index (χ0) is 9.97. The van der Waals surface area contributed by atoms with Gasteiger partial charge in [-0.3, -0.25) is 0 Å². The molecule has 0 aliphatic heterocycles. The molecule has 3 nitrogen and oxygen atoms in total. The number of hydrogen-bond acceptors (Lipinski definition) is 3. The van der Waals surface area contributed by atoms with Crippen LogP contribution in [0.4, 0.5) is 0 Å². The highest BCUT2D eigenvalue weighted by Crippen LogP contribution is 2.13. The second-order valence-electron chi connectivity index (χ2n) is 3.18. The molecule has 74 valence electrons. The van der Waals surface area contributed by atoms with Gasteiger partial charge in [0, 0.05) is 30.0 Å². The van der Waals surface area contributed by atoms with E-state index in [1.54, 1.807) is 11.3 Å². The molecule has 0 aromatic carbocycles. The molecule has 0 spiro atoms. The van der Waals surface area contributed by atoms with E-state index in [9.17, 15) is 0 Å². The summed E-state index contributed by atoms with van der Waals surface area (Å²) >= 11 is 1.68. The minimum atomic E-state index is 0.608. The lowest BCUT2D eigenvalue weighted by molar-refractivity contribution is 0.763. The number of hydrogen-bond donors (Lipinski definition) is 1. The number of rotatable bonds is 3. The van der Waals surface area contributed by atoms with E-state index in [4.69, 9.17) is 5.73 Å². The van der Waals surface area contributed by atoms with Crippen LogP contribution in [0.2, 0.25) is 0 Å². The van der Waals surface area contributed by atoms with Crippen LogP contribution in [0, 0.1) is 6.92 Å². The average molecular weight is 207 g/mol. The average Bonchev–Trinajstić information content (AvgIpc) is 2.79. The van der Waals surface area contributed by atoms with E-state index in [-0.39, 0.29) is 0 Å². The van der Waals surface area contributed by atoms with Gasteiger partial charge in [-0.2, -0.15) is 0 Å². The Balaban J connectivity index is 2.21. The second-order valence-corrected chi connectivity index (χ2v) is 4.16. The van der Waals surface area contributed by atoms with Crippen LogP contribution in [0.15, 0.2) is 23.8 Å². The summed E-state index contributed by atoms with van der Waals surface area (Å²) < 4.78 is 2.18. The summed E-state index contributed by atoms with van der Waals surface area (Å²) in [4.78, 5) is 4.25. The molecule has 0 aliphatic rings. The molecule has 0 amide bonds. The Morgan fingerprint density at radius 2 is 2.43 bits per heavy atom. The summed E-state index contributed by atoms with van der Waals surface area (Å²) in [6.45, 7) is 3.55. The molecule has 14 heavy (non-hydrogen) atoms. The summed E-state index contributed by atoms with van der Waals surface area (Å²) in [6.07, 6.45) is 3.90. The van der Waals surface area contributed by atoms with Gasteiger partial charge in [-0.25, -0.2) is 4.98 Å². The Morgan fingerprint density at radius 3 is 3.00 bits per heavy atom. The summed E-state index contributed by atoms with van der Waals surface area (Å²) in [7, 11) is 0. The Morgan fingerprint density at radius 1 is 1.57 bits per heavy atom. The number of thiazole rings is 1. The van der Waals surface area contributed by atoms with Crippen molar-refractivity contribution in [3.63, 3.8) is 0 Å². The van der Waals surface area contributed by atoms with Crippen LogP contribution >= 0.6 is 11.3 Å². The SMILES string of the molecule is Cc1c(CN)ccn1Cc1nccs1. The molecule has 2 heterocycles. The van der Waals surface area contributed by atoms with E-state index in [1.807, 2.05) is 11.6 Å². The number of aromatic nitrogens is 2. The monoisotopic (exact) mass is 207 g/mol. The van der Waals surface area contributed by atoms with Crippen molar-refractivity contribution < 1.29 is 0 Å². The van der Waals surface area contributed by atoms with E-state index in [2.05, 4.69) is 28.7 Å². The van der Waals surface area contributed by atoms with Crippen molar-refractivity contribution >= 4 is 11.3 Å². The molecular weight excluding hydrogens is 194 g/mol. The molecular formula is C10H13N3S. The van der Waals surface area contributed by atoms with Crippen molar-refractivity contribution in [1.29, 1.82) is 0 Å². The number of nitrogens with two attached hydrogens (primary N) is 1. The van der Waals surface area contributed by atoms with Crippen LogP contribution in [-0.4, -0.2) is 9.55 Å². The van der Waals surface area contributed by atoms with E-state index in [0.29, 0.717) is 6.54 Å². The molecule has 2 aromatic heterocycles. The van der Waals surface area contributed by atoms with Crippen molar-refractivity contribution in [3.05, 3.63) is 40.1 Å². The summed E-state index contributed by atoms with van der Waals surface area (Å²) in [5.74, 6) is 0. The molecule has 0 saturated carbocycles. The first-order chi connectivity index (χ1) is 6.81. The maximum absolute atomic E-state index is 5.61. The van der Waals surface area contributed by atoms with E-state index in [0.717, 1.165) is 11.6 Å². The van der Waals surface area contributed by atoms with E-state index < -0.39 is 0 Å². The van der Waals surface area contributed by atoms with Crippen LogP contribution in [0.3, 0.4) is 0 Å². The highest BCUT2D eigenvalue weighted by molar-refractivity contribution is 7.09. The van der Waals surface area contributed by atoms with Crippen LogP contribution in [0.25, 0.3) is 0 Å². The van der Waals surface area contributed by atoms with Gasteiger partial charge < -0.3 is 10.3 Å². The standard InChI is InChI=1S/C10H13N3S/c1-8-9(6-11)2-4-13(8)7-10-12-3-5-14-10/h2-5H,6-7,11H2,1H3. The maximum Gasteiger partial charge on any atom is 0.112 e. The molecule has 0 bridgehead atoms. The second kappa shape index (κ2) is 3.94. The van der Waals surface area contributed by atoms with E-state index in [1.165, 1.54) is 11.3 Å². The zero-order valence-corrected chi connectivity index (χ0v) is 8.92. The molecule has 4 heteroatoms. The molecule has 0 unspecified atom stereocenters. The minimum absolute atomic E-state index is 0.608. The van der Waals surface area contributed by atoms with Crippen LogP contribution in [0.1, 0.15) is 16.3 Å². The smallest absolute Gasteiger partial charge is 0.112 e. The lowest BCUT2D eigenvalue weighted by atomic mass is 10.2. The van der Waals surface area contributed by atoms with Crippen molar-refractivity contribution in [2.24, 2.45) is 5.73 Å². The largest absolute Gasteiger partial charge is 0.345 e. The molecule has 0 atom stereocenters. The van der Waals surface area contributed by atoms with Gasteiger partial charge in [0.25, 0.3) is 0 Å². The highest BCUT2D eigenvalue weighted by atomic mass is 32.1. The molecule has 0 fully saturated rings. The fourth-order valence-electron chi connectivity index (χ4n) is 1.46. The number of nitrogens with zero attached hydrogens (tertiary/aromatic N) is 2. The third-order valence-corrected chi connectivity index (χ3v) is 3.12. The lowest BCUT2D eigenvalue weighted by Crippen LogP contribution is -2.03. The molecule has 0 radical (unpaired) electrons. The lowest BCUT2D eigenvalue weighted by Gasteiger charge is -2.04. The van der Waals surface area contributed by atoms with Gasteiger partial charge in [-0.05, 0) is 18.6 Å². The Hall–Kier alpha value is -1.13. The molecule has 0 saturated heterocycles. The first kappa shape index (κ1) is 9.43. The maximum atomic E-state index is 5.61. The fourth-order valence-corrected chi connectivity index (χ4v) is 2.07. The van der Waals surface area contributed by atoms with Crippen molar-refractivity contribution in [2.45, 2.75) is 20.0 Å². The van der Waals surface area contributed by atoms with Gasteiger partial charge in [0.15, 0.2) is 0 Å². The minimum Gasteiger partial charge on any atom is -0.345 e. The third kappa shape index (κ3) is 1.71. The molecule has 2 rings (SSSR count). The summed E-state index contributed by atoms with van der Waals surface area (Å²) in [6, 6.07) is 2.07. The van der Waals surface area contributed by atoms with Gasteiger partial charge in [-0.15, -0.1) is 11.3 Å². The molecule has 2 N–H and O–H groups in total. The molecule has 0 aliphatic carbocycles. The van der Waals surface area contributed by atoms with Gasteiger partial charge >= 0.3 is 0 Å². The van der Waals surface area contributed by atoms with Crippen LogP contribution in [-0.2, 0) is 13.1 Å². The Bertz CT molecular complexity index is 403. The fraction of sp³-hybridized carbons (Fsp3) is 0.300. The van der Waals surface area contributed by atoms with E-state index >= 15 is 0 Å². The third-order valence-electron chi connectivity index (χ3n) is 2.36. The van der Waals surface area contributed by atoms with Crippen LogP contribution in [0.5, 0.6) is 0 Å². The topological polar surface area (TPSA) is 43.8 Å². The molecule has 2 aromatic rings. The zero-order valence-electron chi connectivity index (χ0n) is 8.10. The first-order valence-electron chi connectivity index (χ1n) is 4.54. The van der Waals surface area contributed by atoms with Gasteiger partial charge in [0.2, 0.25) is 0 Å². The van der Waals surface area contributed by atoms with Crippen LogP contribution < -0.4 is 5.73 Å². The van der Waals surface area contributed by atoms with Crippen molar-refractivity contribution in [3.8, 4) is 0 Å². The van der Waals surface area contributed by atoms with Gasteiger partial charge in [-0.1, -0.05) is 0 Å². The Labute approximate surface area is 87.2 Å². The predicted molar refractivity (Wildman–Crippen MR) is 58.3 cm³/mol. The first-order valence-corrected chi connectivity index (χ1v) is 5.42. The Kier molecular flexibility index (Phi) is 2.65. The summed E-state index contributed by atoms with van der Waals surface area (Å²) in [5, 5.41) is 3.13. The normalized spacial score (nSPS) is 10.7. The van der Waals surface area contributed by atoms with Gasteiger partial charge in [0.1, 0.15) is 5.01 Å². The summed E-state index contributed by atoms with van der Waals surface area (Å²) in [5.41, 5.74) is 8.06.